The number of aliphatic hydroxyl groups excluding tert-OH is 1. The Morgan fingerprint density at radius 3 is 2.33 bits per heavy atom. The van der Waals surface area contributed by atoms with E-state index in [2.05, 4.69) is 5.10 Å². The highest BCUT2D eigenvalue weighted by molar-refractivity contribution is 7.90. The molecule has 0 amide bonds. The molecule has 2 N–H and O–H groups in total. The van der Waals surface area contributed by atoms with Crippen molar-refractivity contribution in [2.45, 2.75) is 11.4 Å². The van der Waals surface area contributed by atoms with E-state index in [9.17, 15) is 18.6 Å². The van der Waals surface area contributed by atoms with Crippen LogP contribution in [0.2, 0.25) is 0 Å². The minimum Gasteiger partial charge on any atom is -0.504 e. The number of sulfone groups is 1. The molecule has 0 radical (unpaired) electrons. The van der Waals surface area contributed by atoms with Crippen LogP contribution < -0.4 is 4.74 Å². The molecule has 1 aromatic heterocycles. The van der Waals surface area contributed by atoms with Crippen LogP contribution in [0, 0.1) is 0 Å². The zero-order valence-corrected chi connectivity index (χ0v) is 15.8. The van der Waals surface area contributed by atoms with Crippen molar-refractivity contribution in [1.82, 2.24) is 9.78 Å². The molecule has 7 nitrogen and oxygen atoms in total. The molecule has 0 fully saturated rings. The summed E-state index contributed by atoms with van der Waals surface area (Å²) in [5, 5.41) is 23.7. The molecule has 0 atom stereocenters. The van der Waals surface area contributed by atoms with Gasteiger partial charge in [-0.15, -0.1) is 0 Å². The Bertz CT molecular complexity index is 1060. The van der Waals surface area contributed by atoms with Crippen molar-refractivity contribution in [2.75, 3.05) is 20.0 Å². The Kier molecular flexibility index (Phi) is 5.20. The van der Waals surface area contributed by atoms with Crippen LogP contribution in [0.4, 0.5) is 0 Å². The van der Waals surface area contributed by atoms with Crippen molar-refractivity contribution in [3.63, 3.8) is 0 Å². The number of hydrogen-bond donors (Lipinski definition) is 2. The quantitative estimate of drug-likeness (QED) is 0.672. The third-order valence-electron chi connectivity index (χ3n) is 4.15. The van der Waals surface area contributed by atoms with E-state index in [0.717, 1.165) is 23.1 Å². The maximum Gasteiger partial charge on any atom is 0.175 e. The molecule has 0 aliphatic rings. The zero-order chi connectivity index (χ0) is 19.6. The van der Waals surface area contributed by atoms with Crippen LogP contribution in [0.3, 0.4) is 0 Å². The van der Waals surface area contributed by atoms with Gasteiger partial charge in [-0.25, -0.2) is 8.42 Å². The van der Waals surface area contributed by atoms with E-state index in [1.165, 1.54) is 13.2 Å². The van der Waals surface area contributed by atoms with Crippen LogP contribution in [0.1, 0.15) is 0 Å². The van der Waals surface area contributed by atoms with Gasteiger partial charge in [0.2, 0.25) is 0 Å². The smallest absolute Gasteiger partial charge is 0.175 e. The van der Waals surface area contributed by atoms with Gasteiger partial charge in [0.1, 0.15) is 0 Å². The molecule has 0 spiro atoms. The zero-order valence-electron chi connectivity index (χ0n) is 15.0. The summed E-state index contributed by atoms with van der Waals surface area (Å²) in [6, 6.07) is 13.3. The molecule has 0 aliphatic carbocycles. The lowest BCUT2D eigenvalue weighted by atomic mass is 10.1. The van der Waals surface area contributed by atoms with E-state index >= 15 is 0 Å². The lowest BCUT2D eigenvalue weighted by Crippen LogP contribution is -2.05. The Labute approximate surface area is 157 Å². The fraction of sp³-hybridized carbons (Fsp3) is 0.211. The molecule has 3 rings (SSSR count). The summed E-state index contributed by atoms with van der Waals surface area (Å²) in [6.45, 7) is 0.205. The molecular formula is C19H20N2O5S. The van der Waals surface area contributed by atoms with Crippen molar-refractivity contribution in [3.05, 3.63) is 48.5 Å². The normalized spacial score (nSPS) is 11.5. The fourth-order valence-corrected chi connectivity index (χ4v) is 3.40. The van der Waals surface area contributed by atoms with E-state index in [0.29, 0.717) is 18.0 Å². The standard InChI is InChI=1S/C19H20N2O5S/c1-26-19-11-14(5-8-18(19)23)17-12-16(20-21(17)9-10-22)13-3-6-15(7-4-13)27(2,24)25/h3-8,11-12,22-23H,9-10H2,1-2H3. The summed E-state index contributed by atoms with van der Waals surface area (Å²) in [5.74, 6) is 0.370. The summed E-state index contributed by atoms with van der Waals surface area (Å²) in [6.07, 6.45) is 1.16. The maximum atomic E-state index is 11.6. The van der Waals surface area contributed by atoms with Crippen molar-refractivity contribution in [1.29, 1.82) is 0 Å². The average Bonchev–Trinajstić information content (AvgIpc) is 3.06. The third kappa shape index (κ3) is 3.96. The van der Waals surface area contributed by atoms with Gasteiger partial charge < -0.3 is 14.9 Å². The molecule has 0 bridgehead atoms. The molecule has 0 unspecified atom stereocenters. The number of aliphatic hydroxyl groups is 1. The maximum absolute atomic E-state index is 11.6. The van der Waals surface area contributed by atoms with Crippen molar-refractivity contribution >= 4 is 9.84 Å². The number of methoxy groups -OCH3 is 1. The monoisotopic (exact) mass is 388 g/mol. The first-order valence-electron chi connectivity index (χ1n) is 8.20. The molecule has 142 valence electrons. The second-order valence-electron chi connectivity index (χ2n) is 6.04. The number of aromatic nitrogens is 2. The van der Waals surface area contributed by atoms with E-state index in [4.69, 9.17) is 4.74 Å². The molecule has 8 heteroatoms. The molecule has 27 heavy (non-hydrogen) atoms. The summed E-state index contributed by atoms with van der Waals surface area (Å²) < 4.78 is 30.1. The van der Waals surface area contributed by atoms with Crippen LogP contribution in [-0.4, -0.2) is 48.4 Å². The van der Waals surface area contributed by atoms with Crippen molar-refractivity contribution in [3.8, 4) is 34.0 Å². The first-order valence-corrected chi connectivity index (χ1v) is 10.1. The number of nitrogens with zero attached hydrogens (tertiary/aromatic N) is 2. The number of rotatable bonds is 6. The lowest BCUT2D eigenvalue weighted by molar-refractivity contribution is 0.270. The summed E-state index contributed by atoms with van der Waals surface area (Å²) in [5.41, 5.74) is 2.91. The topological polar surface area (TPSA) is 102 Å². The van der Waals surface area contributed by atoms with Gasteiger partial charge in [-0.3, -0.25) is 4.68 Å². The van der Waals surface area contributed by atoms with E-state index in [1.54, 1.807) is 41.1 Å². The number of hydrogen-bond acceptors (Lipinski definition) is 6. The third-order valence-corrected chi connectivity index (χ3v) is 5.27. The minimum atomic E-state index is -3.26. The second-order valence-corrected chi connectivity index (χ2v) is 8.06. The van der Waals surface area contributed by atoms with Gasteiger partial charge in [-0.1, -0.05) is 12.1 Å². The van der Waals surface area contributed by atoms with Gasteiger partial charge in [0.25, 0.3) is 0 Å². The first-order chi connectivity index (χ1) is 12.8. The average molecular weight is 388 g/mol. The lowest BCUT2D eigenvalue weighted by Gasteiger charge is -2.08. The van der Waals surface area contributed by atoms with Crippen molar-refractivity contribution in [2.24, 2.45) is 0 Å². The van der Waals surface area contributed by atoms with Crippen LogP contribution in [0.25, 0.3) is 22.5 Å². The van der Waals surface area contributed by atoms with Gasteiger partial charge in [-0.05, 0) is 36.4 Å². The summed E-state index contributed by atoms with van der Waals surface area (Å²) in [7, 11) is -1.79. The minimum absolute atomic E-state index is 0.0334. The molecule has 2 aromatic carbocycles. The van der Waals surface area contributed by atoms with Gasteiger partial charge in [0.15, 0.2) is 21.3 Å². The van der Waals surface area contributed by atoms with Crippen LogP contribution in [0.5, 0.6) is 11.5 Å². The Morgan fingerprint density at radius 1 is 1.07 bits per heavy atom. The van der Waals surface area contributed by atoms with Crippen LogP contribution >= 0.6 is 0 Å². The number of phenolic OH excluding ortho intramolecular Hbond substituents is 1. The molecule has 1 heterocycles. The van der Waals surface area contributed by atoms with Crippen molar-refractivity contribution < 1.29 is 23.4 Å². The van der Waals surface area contributed by atoms with Gasteiger partial charge in [0, 0.05) is 17.4 Å². The summed E-state index contributed by atoms with van der Waals surface area (Å²) >= 11 is 0. The Morgan fingerprint density at radius 2 is 1.74 bits per heavy atom. The predicted molar refractivity (Wildman–Crippen MR) is 102 cm³/mol. The molecular weight excluding hydrogens is 368 g/mol. The van der Waals surface area contributed by atoms with Crippen LogP contribution in [0.15, 0.2) is 53.4 Å². The predicted octanol–water partition coefficient (Wildman–Crippen LogP) is 2.33. The highest BCUT2D eigenvalue weighted by atomic mass is 32.2. The highest BCUT2D eigenvalue weighted by Gasteiger charge is 2.14. The van der Waals surface area contributed by atoms with E-state index in [-0.39, 0.29) is 17.3 Å². The Hall–Kier alpha value is -2.84. The summed E-state index contributed by atoms with van der Waals surface area (Å²) in [4.78, 5) is 0.240. The van der Waals surface area contributed by atoms with E-state index in [1.807, 2.05) is 6.07 Å². The SMILES string of the molecule is COc1cc(-c2cc(-c3ccc(S(C)(=O)=O)cc3)nn2CCO)ccc1O. The first kappa shape index (κ1) is 18.9. The van der Waals surface area contributed by atoms with E-state index < -0.39 is 9.84 Å². The molecule has 3 aromatic rings. The van der Waals surface area contributed by atoms with Gasteiger partial charge >= 0.3 is 0 Å². The number of aromatic hydroxyl groups is 1. The molecule has 0 saturated carbocycles. The highest BCUT2D eigenvalue weighted by Crippen LogP contribution is 2.33. The Balaban J connectivity index is 2.05. The van der Waals surface area contributed by atoms with Gasteiger partial charge in [0.05, 0.1) is 36.5 Å². The van der Waals surface area contributed by atoms with Gasteiger partial charge in [-0.2, -0.15) is 5.10 Å². The number of ether oxygens (including phenoxy) is 1. The molecule has 0 saturated heterocycles. The number of phenols is 1. The molecule has 0 aliphatic heterocycles. The van der Waals surface area contributed by atoms with Crippen LogP contribution in [-0.2, 0) is 16.4 Å². The second kappa shape index (κ2) is 7.42. The fourth-order valence-electron chi connectivity index (χ4n) is 2.77. The largest absolute Gasteiger partial charge is 0.504 e. The number of benzene rings is 2.